The fraction of sp³-hybridized carbons (Fsp3) is 0.588. The molecule has 1 N–H and O–H groups in total. The van der Waals surface area contributed by atoms with Gasteiger partial charge in [-0.1, -0.05) is 0 Å². The molecule has 1 heterocycles. The van der Waals surface area contributed by atoms with E-state index >= 15 is 0 Å². The van der Waals surface area contributed by atoms with Crippen molar-refractivity contribution in [3.63, 3.8) is 0 Å². The second-order valence-corrected chi connectivity index (χ2v) is 5.66. The van der Waals surface area contributed by atoms with Crippen molar-refractivity contribution in [1.82, 2.24) is 0 Å². The Morgan fingerprint density at radius 1 is 1.27 bits per heavy atom. The first kappa shape index (κ1) is 16.6. The normalized spacial score (nSPS) is 21.2. The zero-order valence-corrected chi connectivity index (χ0v) is 13.7. The Balaban J connectivity index is 1.99. The van der Waals surface area contributed by atoms with Crippen LogP contribution in [0, 0.1) is 5.92 Å². The summed E-state index contributed by atoms with van der Waals surface area (Å²) in [5, 5.41) is 0. The Bertz CT molecular complexity index is 503. The molecule has 0 radical (unpaired) electrons. The average molecular weight is 308 g/mol. The standard InChI is InChI=1S/C17H25NO4/c1-4-22-17(19)14-6-5-9-18(12-14)11-13-7-8-15(20-2)16(10-13)21-3/h7-8,10,14H,4-6,9,11-12H2,1-3H3/p+1/t14-/m0/s1. The summed E-state index contributed by atoms with van der Waals surface area (Å²) in [6.45, 7) is 5.13. The van der Waals surface area contributed by atoms with E-state index < -0.39 is 0 Å². The molecule has 0 aliphatic carbocycles. The molecule has 1 aromatic rings. The Labute approximate surface area is 132 Å². The first-order valence-corrected chi connectivity index (χ1v) is 7.89. The molecule has 1 fully saturated rings. The second-order valence-electron chi connectivity index (χ2n) is 5.66. The molecule has 0 bridgehead atoms. The van der Waals surface area contributed by atoms with Crippen LogP contribution in [0.2, 0.25) is 0 Å². The lowest BCUT2D eigenvalue weighted by Gasteiger charge is -2.28. The Morgan fingerprint density at radius 3 is 2.73 bits per heavy atom. The lowest BCUT2D eigenvalue weighted by atomic mass is 9.97. The first-order chi connectivity index (χ1) is 10.7. The number of carbonyl (C=O) groups is 1. The van der Waals surface area contributed by atoms with Gasteiger partial charge in [0.15, 0.2) is 11.5 Å². The quantitative estimate of drug-likeness (QED) is 0.799. The number of benzene rings is 1. The van der Waals surface area contributed by atoms with Gasteiger partial charge in [0, 0.05) is 5.56 Å². The summed E-state index contributed by atoms with van der Waals surface area (Å²) >= 11 is 0. The number of methoxy groups -OCH3 is 2. The van der Waals surface area contributed by atoms with Gasteiger partial charge in [0.25, 0.3) is 0 Å². The van der Waals surface area contributed by atoms with Gasteiger partial charge in [0.05, 0.1) is 33.9 Å². The summed E-state index contributed by atoms with van der Waals surface area (Å²) in [7, 11) is 3.28. The Kier molecular flexibility index (Phi) is 6.07. The number of quaternary nitrogens is 1. The van der Waals surface area contributed by atoms with Crippen molar-refractivity contribution in [1.29, 1.82) is 0 Å². The molecule has 122 valence electrons. The highest BCUT2D eigenvalue weighted by Crippen LogP contribution is 2.27. The maximum atomic E-state index is 11.9. The third-order valence-electron chi connectivity index (χ3n) is 4.14. The fourth-order valence-electron chi connectivity index (χ4n) is 3.05. The van der Waals surface area contributed by atoms with E-state index in [9.17, 15) is 4.79 Å². The molecule has 0 spiro atoms. The average Bonchev–Trinajstić information content (AvgIpc) is 2.55. The minimum Gasteiger partial charge on any atom is -0.493 e. The zero-order valence-electron chi connectivity index (χ0n) is 13.7. The molecule has 1 unspecified atom stereocenters. The van der Waals surface area contributed by atoms with Crippen molar-refractivity contribution in [2.24, 2.45) is 5.92 Å². The van der Waals surface area contributed by atoms with E-state index in [1.807, 2.05) is 19.1 Å². The fourth-order valence-corrected chi connectivity index (χ4v) is 3.05. The first-order valence-electron chi connectivity index (χ1n) is 7.89. The van der Waals surface area contributed by atoms with E-state index in [4.69, 9.17) is 14.2 Å². The van der Waals surface area contributed by atoms with Crippen LogP contribution in [-0.2, 0) is 16.1 Å². The van der Waals surface area contributed by atoms with Gasteiger partial charge in [-0.05, 0) is 38.0 Å². The summed E-state index contributed by atoms with van der Waals surface area (Å²) < 4.78 is 15.8. The van der Waals surface area contributed by atoms with Crippen LogP contribution >= 0.6 is 0 Å². The Hall–Kier alpha value is -1.75. The molecule has 1 aromatic carbocycles. The monoisotopic (exact) mass is 308 g/mol. The molecule has 5 heteroatoms. The van der Waals surface area contributed by atoms with Gasteiger partial charge in [-0.15, -0.1) is 0 Å². The molecule has 2 atom stereocenters. The number of hydrogen-bond donors (Lipinski definition) is 1. The predicted molar refractivity (Wildman–Crippen MR) is 83.3 cm³/mol. The molecular formula is C17H26NO4+. The second kappa shape index (κ2) is 8.03. The third kappa shape index (κ3) is 4.13. The van der Waals surface area contributed by atoms with Crippen molar-refractivity contribution >= 4 is 5.97 Å². The molecule has 2 rings (SSSR count). The maximum absolute atomic E-state index is 11.9. The van der Waals surface area contributed by atoms with Crippen molar-refractivity contribution in [3.8, 4) is 11.5 Å². The molecule has 1 saturated heterocycles. The Morgan fingerprint density at radius 2 is 2.05 bits per heavy atom. The maximum Gasteiger partial charge on any atom is 0.314 e. The summed E-state index contributed by atoms with van der Waals surface area (Å²) in [4.78, 5) is 13.3. The lowest BCUT2D eigenvalue weighted by Crippen LogP contribution is -3.12. The van der Waals surface area contributed by atoms with Crippen molar-refractivity contribution in [2.75, 3.05) is 33.9 Å². The van der Waals surface area contributed by atoms with E-state index in [2.05, 4.69) is 6.07 Å². The summed E-state index contributed by atoms with van der Waals surface area (Å²) in [6.07, 6.45) is 2.00. The topological polar surface area (TPSA) is 49.2 Å². The van der Waals surface area contributed by atoms with Crippen LogP contribution in [0.15, 0.2) is 18.2 Å². The number of piperidine rings is 1. The van der Waals surface area contributed by atoms with E-state index in [0.29, 0.717) is 6.61 Å². The van der Waals surface area contributed by atoms with Crippen molar-refractivity contribution in [3.05, 3.63) is 23.8 Å². The highest BCUT2D eigenvalue weighted by molar-refractivity contribution is 5.72. The van der Waals surface area contributed by atoms with Gasteiger partial charge >= 0.3 is 5.97 Å². The minimum atomic E-state index is -0.0491. The number of nitrogens with one attached hydrogen (secondary N) is 1. The summed E-state index contributed by atoms with van der Waals surface area (Å²) in [5.74, 6) is 1.47. The molecule has 5 nitrogen and oxygen atoms in total. The molecule has 1 aliphatic heterocycles. The van der Waals surface area contributed by atoms with Crippen LogP contribution < -0.4 is 14.4 Å². The van der Waals surface area contributed by atoms with Gasteiger partial charge in [0.1, 0.15) is 12.5 Å². The number of esters is 1. The van der Waals surface area contributed by atoms with Gasteiger partial charge < -0.3 is 19.1 Å². The zero-order chi connectivity index (χ0) is 15.9. The predicted octanol–water partition coefficient (Wildman–Crippen LogP) is 1.06. The minimum absolute atomic E-state index is 0.0313. The SMILES string of the molecule is CCOC(=O)[C@H]1CCC[NH+](Cc2ccc(OC)c(OC)c2)C1. The summed E-state index contributed by atoms with van der Waals surface area (Å²) in [6, 6.07) is 6.00. The highest BCUT2D eigenvalue weighted by atomic mass is 16.5. The van der Waals surface area contributed by atoms with Gasteiger partial charge in [-0.25, -0.2) is 0 Å². The van der Waals surface area contributed by atoms with E-state index in [-0.39, 0.29) is 11.9 Å². The molecular weight excluding hydrogens is 282 g/mol. The molecule has 0 aromatic heterocycles. The van der Waals surface area contributed by atoms with Gasteiger partial charge in [-0.2, -0.15) is 0 Å². The number of rotatable bonds is 6. The third-order valence-corrected chi connectivity index (χ3v) is 4.14. The van der Waals surface area contributed by atoms with Crippen LogP contribution in [0.25, 0.3) is 0 Å². The van der Waals surface area contributed by atoms with Gasteiger partial charge in [-0.3, -0.25) is 4.79 Å². The van der Waals surface area contributed by atoms with E-state index in [1.54, 1.807) is 14.2 Å². The lowest BCUT2D eigenvalue weighted by molar-refractivity contribution is -0.921. The number of likely N-dealkylation sites (tertiary alicyclic amines) is 1. The number of carbonyl (C=O) groups excluding carboxylic acids is 1. The van der Waals surface area contributed by atoms with Crippen LogP contribution in [0.1, 0.15) is 25.3 Å². The summed E-state index contributed by atoms with van der Waals surface area (Å²) in [5.41, 5.74) is 1.19. The van der Waals surface area contributed by atoms with Crippen LogP contribution in [0.3, 0.4) is 0 Å². The molecule has 0 amide bonds. The molecule has 22 heavy (non-hydrogen) atoms. The smallest absolute Gasteiger partial charge is 0.314 e. The van der Waals surface area contributed by atoms with E-state index in [0.717, 1.165) is 44.0 Å². The van der Waals surface area contributed by atoms with Crippen molar-refractivity contribution < 1.29 is 23.9 Å². The molecule has 1 aliphatic rings. The highest BCUT2D eigenvalue weighted by Gasteiger charge is 2.29. The van der Waals surface area contributed by atoms with Crippen molar-refractivity contribution in [2.45, 2.75) is 26.3 Å². The van der Waals surface area contributed by atoms with Crippen LogP contribution in [-0.4, -0.2) is 39.9 Å². The largest absolute Gasteiger partial charge is 0.493 e. The number of hydrogen-bond acceptors (Lipinski definition) is 4. The van der Waals surface area contributed by atoms with Crippen LogP contribution in [0.5, 0.6) is 11.5 Å². The molecule has 0 saturated carbocycles. The van der Waals surface area contributed by atoms with Crippen LogP contribution in [0.4, 0.5) is 0 Å². The number of ether oxygens (including phenoxy) is 3. The van der Waals surface area contributed by atoms with E-state index in [1.165, 1.54) is 10.5 Å². The van der Waals surface area contributed by atoms with Gasteiger partial charge in [0.2, 0.25) is 0 Å².